The van der Waals surface area contributed by atoms with Crippen molar-refractivity contribution >= 4 is 35.7 Å². The molecule has 0 radical (unpaired) electrons. The number of hydrogen-bond donors (Lipinski definition) is 3. The largest absolute Gasteiger partial charge is 0.336 e. The molecule has 2 saturated heterocycles. The number of benzene rings is 1. The molecule has 0 bridgehead atoms. The first-order valence-electron chi connectivity index (χ1n) is 7.41. The summed E-state index contributed by atoms with van der Waals surface area (Å²) in [4.78, 5) is 25.4. The van der Waals surface area contributed by atoms with Gasteiger partial charge in [-0.1, -0.05) is 0 Å². The van der Waals surface area contributed by atoms with Crippen molar-refractivity contribution in [1.82, 2.24) is 10.6 Å². The second-order valence-corrected chi connectivity index (χ2v) is 5.46. The molecule has 0 spiro atoms. The van der Waals surface area contributed by atoms with Crippen molar-refractivity contribution in [3.05, 3.63) is 24.3 Å². The maximum atomic E-state index is 12.1. The Morgan fingerprint density at radius 1 is 1.23 bits per heavy atom. The monoisotopic (exact) mass is 324 g/mol. The highest BCUT2D eigenvalue weighted by atomic mass is 35.5. The van der Waals surface area contributed by atoms with Crippen molar-refractivity contribution in [1.29, 1.82) is 0 Å². The number of urea groups is 1. The Hall–Kier alpha value is -1.79. The predicted molar refractivity (Wildman–Crippen MR) is 88.7 cm³/mol. The van der Waals surface area contributed by atoms with E-state index in [2.05, 4.69) is 16.0 Å². The van der Waals surface area contributed by atoms with E-state index in [1.54, 1.807) is 4.90 Å². The lowest BCUT2D eigenvalue weighted by molar-refractivity contribution is -0.120. The molecule has 0 aromatic heterocycles. The number of carbonyl (C=O) groups is 2. The van der Waals surface area contributed by atoms with E-state index in [1.807, 2.05) is 24.3 Å². The number of hydrogen-bond acceptors (Lipinski definition) is 3. The van der Waals surface area contributed by atoms with Crippen molar-refractivity contribution in [2.24, 2.45) is 5.92 Å². The third-order valence-electron chi connectivity index (χ3n) is 3.97. The molecule has 2 aliphatic heterocycles. The maximum absolute atomic E-state index is 12.1. The fraction of sp³-hybridized carbons (Fsp3) is 0.467. The van der Waals surface area contributed by atoms with Gasteiger partial charge in [0.25, 0.3) is 0 Å². The highest BCUT2D eigenvalue weighted by Gasteiger charge is 2.22. The van der Waals surface area contributed by atoms with Gasteiger partial charge in [-0.25, -0.2) is 4.79 Å². The summed E-state index contributed by atoms with van der Waals surface area (Å²) in [5.41, 5.74) is 1.62. The van der Waals surface area contributed by atoms with Crippen molar-refractivity contribution in [3.63, 3.8) is 0 Å². The number of carbonyl (C=O) groups excluding carboxylic acids is 2. The van der Waals surface area contributed by atoms with Gasteiger partial charge in [-0.3, -0.25) is 9.69 Å². The molecule has 2 fully saturated rings. The van der Waals surface area contributed by atoms with Gasteiger partial charge < -0.3 is 16.0 Å². The van der Waals surface area contributed by atoms with Gasteiger partial charge in [0.1, 0.15) is 0 Å². The van der Waals surface area contributed by atoms with E-state index in [0.29, 0.717) is 13.1 Å². The quantitative estimate of drug-likeness (QED) is 0.790. The summed E-state index contributed by atoms with van der Waals surface area (Å²) in [6.45, 7) is 3.10. The van der Waals surface area contributed by atoms with Crippen molar-refractivity contribution < 1.29 is 9.59 Å². The van der Waals surface area contributed by atoms with Crippen molar-refractivity contribution in [3.8, 4) is 0 Å². The molecule has 0 saturated carbocycles. The summed E-state index contributed by atoms with van der Waals surface area (Å²) in [6, 6.07) is 7.34. The van der Waals surface area contributed by atoms with Gasteiger partial charge >= 0.3 is 6.03 Å². The highest BCUT2D eigenvalue weighted by molar-refractivity contribution is 5.95. The van der Waals surface area contributed by atoms with Crippen molar-refractivity contribution in [2.45, 2.75) is 12.8 Å². The molecular formula is C15H21ClN4O2. The van der Waals surface area contributed by atoms with E-state index in [4.69, 9.17) is 0 Å². The minimum Gasteiger partial charge on any atom is -0.336 e. The van der Waals surface area contributed by atoms with E-state index in [1.165, 1.54) is 0 Å². The zero-order chi connectivity index (χ0) is 14.7. The first-order chi connectivity index (χ1) is 10.2. The fourth-order valence-electron chi connectivity index (χ4n) is 2.76. The van der Waals surface area contributed by atoms with Gasteiger partial charge in [0.05, 0.1) is 5.92 Å². The molecule has 120 valence electrons. The second-order valence-electron chi connectivity index (χ2n) is 5.46. The van der Waals surface area contributed by atoms with Crippen LogP contribution in [0, 0.1) is 5.92 Å². The zero-order valence-electron chi connectivity index (χ0n) is 12.3. The molecule has 6 nitrogen and oxygen atoms in total. The Morgan fingerprint density at radius 2 is 2.00 bits per heavy atom. The fourth-order valence-corrected chi connectivity index (χ4v) is 2.76. The third kappa shape index (κ3) is 3.69. The molecule has 3 rings (SSSR count). The highest BCUT2D eigenvalue weighted by Crippen LogP contribution is 2.20. The van der Waals surface area contributed by atoms with Crippen LogP contribution < -0.4 is 20.9 Å². The number of piperidine rings is 1. The van der Waals surface area contributed by atoms with Crippen LogP contribution in [0.2, 0.25) is 0 Å². The van der Waals surface area contributed by atoms with E-state index >= 15 is 0 Å². The number of anilines is 2. The lowest BCUT2D eigenvalue weighted by atomic mass is 9.99. The topological polar surface area (TPSA) is 73.5 Å². The van der Waals surface area contributed by atoms with Gasteiger partial charge in [-0.2, -0.15) is 0 Å². The summed E-state index contributed by atoms with van der Waals surface area (Å²) in [6.07, 6.45) is 1.98. The summed E-state index contributed by atoms with van der Waals surface area (Å²) >= 11 is 0. The average molecular weight is 325 g/mol. The number of nitrogens with one attached hydrogen (secondary N) is 3. The SMILES string of the molecule is Cl.O=C(Nc1ccc(N2CCNC2=O)cc1)C1CCCNC1. The Morgan fingerprint density at radius 3 is 2.59 bits per heavy atom. The normalized spacial score (nSPS) is 21.0. The van der Waals surface area contributed by atoms with Crippen LogP contribution in [0.25, 0.3) is 0 Å². The van der Waals surface area contributed by atoms with Gasteiger partial charge in [0.15, 0.2) is 0 Å². The van der Waals surface area contributed by atoms with Crippen LogP contribution in [-0.2, 0) is 4.79 Å². The molecule has 1 aromatic carbocycles. The number of halogens is 1. The van der Waals surface area contributed by atoms with Crippen LogP contribution in [0.3, 0.4) is 0 Å². The van der Waals surface area contributed by atoms with Crippen LogP contribution in [0.15, 0.2) is 24.3 Å². The standard InChI is InChI=1S/C15H20N4O2.ClH/c20-14(11-2-1-7-16-10-11)18-12-3-5-13(6-4-12)19-9-8-17-15(19)21;/h3-6,11,16H,1-2,7-10H2,(H,17,21)(H,18,20);1H. The minimum absolute atomic E-state index is 0. The van der Waals surface area contributed by atoms with E-state index < -0.39 is 0 Å². The molecule has 1 aromatic rings. The van der Waals surface area contributed by atoms with Crippen LogP contribution in [0.1, 0.15) is 12.8 Å². The molecule has 1 unspecified atom stereocenters. The molecule has 0 aliphatic carbocycles. The van der Waals surface area contributed by atoms with Crippen LogP contribution in [0.4, 0.5) is 16.2 Å². The van der Waals surface area contributed by atoms with Gasteiger partial charge in [0, 0.05) is 31.0 Å². The lowest BCUT2D eigenvalue weighted by Gasteiger charge is -2.22. The summed E-state index contributed by atoms with van der Waals surface area (Å²) in [7, 11) is 0. The Balaban J connectivity index is 0.00000176. The number of rotatable bonds is 3. The molecule has 7 heteroatoms. The first kappa shape index (κ1) is 16.6. The van der Waals surface area contributed by atoms with E-state index in [0.717, 1.165) is 37.3 Å². The second kappa shape index (κ2) is 7.47. The van der Waals surface area contributed by atoms with Crippen LogP contribution in [-0.4, -0.2) is 38.1 Å². The molecule has 1 atom stereocenters. The minimum atomic E-state index is -0.0694. The molecule has 22 heavy (non-hydrogen) atoms. The predicted octanol–water partition coefficient (Wildman–Crippen LogP) is 1.58. The number of amides is 3. The van der Waals surface area contributed by atoms with Gasteiger partial charge in [-0.15, -0.1) is 12.4 Å². The molecule has 3 N–H and O–H groups in total. The summed E-state index contributed by atoms with van der Waals surface area (Å²) in [5, 5.41) is 8.95. The smallest absolute Gasteiger partial charge is 0.321 e. The van der Waals surface area contributed by atoms with Crippen molar-refractivity contribution in [2.75, 3.05) is 36.4 Å². The molecular weight excluding hydrogens is 304 g/mol. The Labute approximate surface area is 136 Å². The molecule has 2 aliphatic rings. The first-order valence-corrected chi connectivity index (χ1v) is 7.41. The van der Waals surface area contributed by atoms with Crippen LogP contribution >= 0.6 is 12.4 Å². The van der Waals surface area contributed by atoms with Crippen LogP contribution in [0.5, 0.6) is 0 Å². The summed E-state index contributed by atoms with van der Waals surface area (Å²) < 4.78 is 0. The number of nitrogens with zero attached hydrogens (tertiary/aromatic N) is 1. The van der Waals surface area contributed by atoms with Gasteiger partial charge in [-0.05, 0) is 43.7 Å². The zero-order valence-corrected chi connectivity index (χ0v) is 13.1. The van der Waals surface area contributed by atoms with E-state index in [9.17, 15) is 9.59 Å². The maximum Gasteiger partial charge on any atom is 0.321 e. The lowest BCUT2D eigenvalue weighted by Crippen LogP contribution is -2.37. The third-order valence-corrected chi connectivity index (χ3v) is 3.97. The van der Waals surface area contributed by atoms with E-state index in [-0.39, 0.29) is 30.3 Å². The van der Waals surface area contributed by atoms with Gasteiger partial charge in [0.2, 0.25) is 5.91 Å². The Kier molecular flexibility index (Phi) is 5.63. The Bertz CT molecular complexity index is 529. The molecule has 3 amide bonds. The summed E-state index contributed by atoms with van der Waals surface area (Å²) in [5.74, 6) is 0.108. The average Bonchev–Trinajstić information content (AvgIpc) is 2.95. The molecule has 2 heterocycles.